The van der Waals surface area contributed by atoms with Crippen LogP contribution in [0, 0.1) is 5.41 Å². The molecule has 0 aromatic heterocycles. The summed E-state index contributed by atoms with van der Waals surface area (Å²) in [5, 5.41) is 8.82. The van der Waals surface area contributed by atoms with Gasteiger partial charge in [-0.3, -0.25) is 9.59 Å². The Bertz CT molecular complexity index is 759. The molecule has 1 N–H and O–H groups in total. The molecule has 0 aromatic carbocycles. The fourth-order valence-corrected chi connectivity index (χ4v) is 3.63. The first kappa shape index (κ1) is 34.2. The Morgan fingerprint density at radius 2 is 1.03 bits per heavy atom. The van der Waals surface area contributed by atoms with E-state index in [1.165, 1.54) is 23.5 Å². The maximum atomic E-state index is 12.3. The lowest BCUT2D eigenvalue weighted by atomic mass is 9.92. The normalized spacial score (nSPS) is 10.5. The van der Waals surface area contributed by atoms with Gasteiger partial charge in [-0.25, -0.2) is 14.4 Å². The third-order valence-electron chi connectivity index (χ3n) is 4.23. The molecule has 0 aliphatic carbocycles. The summed E-state index contributed by atoms with van der Waals surface area (Å²) in [5.74, 6) is -1.49. The summed E-state index contributed by atoms with van der Waals surface area (Å²) in [7, 11) is 0. The number of hydrogen-bond donors (Lipinski definition) is 1. The number of ether oxygens (including phenoxy) is 5. The summed E-state index contributed by atoms with van der Waals surface area (Å²) in [5.41, 5.74) is -1.38. The third-order valence-corrected chi connectivity index (χ3v) is 6.14. The van der Waals surface area contributed by atoms with Gasteiger partial charge in [0.1, 0.15) is 38.4 Å². The zero-order chi connectivity index (χ0) is 27.9. The highest BCUT2D eigenvalue weighted by atomic mass is 32.2. The maximum absolute atomic E-state index is 12.3. The molecule has 37 heavy (non-hydrogen) atoms. The van der Waals surface area contributed by atoms with E-state index in [-0.39, 0.29) is 39.3 Å². The second-order valence-corrected chi connectivity index (χ2v) is 9.71. The summed E-state index contributed by atoms with van der Waals surface area (Å²) in [6.45, 7) is 8.53. The highest BCUT2D eigenvalue weighted by Gasteiger charge is 2.37. The predicted octanol–water partition coefficient (Wildman–Crippen LogP) is 1.49. The van der Waals surface area contributed by atoms with Gasteiger partial charge < -0.3 is 28.8 Å². The molecule has 0 unspecified atom stereocenters. The van der Waals surface area contributed by atoms with Crippen LogP contribution in [0.15, 0.2) is 38.0 Å². The Morgan fingerprint density at radius 3 is 1.46 bits per heavy atom. The largest absolute Gasteiger partial charge is 0.465 e. The molecule has 0 aromatic rings. The standard InChI is InChI=1S/C24H34O11S2/c1-4-19(26)31-10-14-37-12-8-23(30)35-18-24(15-32-20(27)5-2,16-33-21(28)6-3)17-34-22(29)7-11-36-13-9-25/h4-6,25H,1-3,7-18H2. The monoisotopic (exact) mass is 562 g/mol. The van der Waals surface area contributed by atoms with Gasteiger partial charge in [-0.15, -0.1) is 0 Å². The van der Waals surface area contributed by atoms with E-state index < -0.39 is 48.5 Å². The first-order valence-electron chi connectivity index (χ1n) is 11.2. The number of rotatable bonds is 22. The summed E-state index contributed by atoms with van der Waals surface area (Å²) in [6.07, 6.45) is 3.00. The quantitative estimate of drug-likeness (QED) is 0.0878. The molecule has 0 aliphatic heterocycles. The number of carbonyl (C=O) groups excluding carboxylic acids is 5. The summed E-state index contributed by atoms with van der Waals surface area (Å²) in [6, 6.07) is 0. The second kappa shape index (κ2) is 21.3. The van der Waals surface area contributed by atoms with Crippen molar-refractivity contribution in [2.75, 3.05) is 62.7 Å². The van der Waals surface area contributed by atoms with Crippen LogP contribution in [0.4, 0.5) is 0 Å². The Morgan fingerprint density at radius 1 is 0.622 bits per heavy atom. The van der Waals surface area contributed by atoms with E-state index in [2.05, 4.69) is 19.7 Å². The van der Waals surface area contributed by atoms with Crippen LogP contribution < -0.4 is 0 Å². The molecule has 208 valence electrons. The summed E-state index contributed by atoms with van der Waals surface area (Å²) >= 11 is 2.73. The van der Waals surface area contributed by atoms with Crippen molar-refractivity contribution in [2.45, 2.75) is 12.8 Å². The molecule has 0 aliphatic rings. The lowest BCUT2D eigenvalue weighted by molar-refractivity contribution is -0.167. The van der Waals surface area contributed by atoms with E-state index in [1.807, 2.05) is 0 Å². The summed E-state index contributed by atoms with van der Waals surface area (Å²) < 4.78 is 25.7. The van der Waals surface area contributed by atoms with Crippen molar-refractivity contribution in [1.82, 2.24) is 0 Å². The van der Waals surface area contributed by atoms with E-state index in [0.29, 0.717) is 23.0 Å². The van der Waals surface area contributed by atoms with Crippen molar-refractivity contribution < 1.29 is 52.8 Å². The van der Waals surface area contributed by atoms with Gasteiger partial charge in [0.25, 0.3) is 0 Å². The van der Waals surface area contributed by atoms with Crippen molar-refractivity contribution in [1.29, 1.82) is 0 Å². The number of thioether (sulfide) groups is 2. The molecule has 0 heterocycles. The SMILES string of the molecule is C=CC(=O)OCCSCCC(=O)OCC(COC(=O)C=C)(COC(=O)C=C)COC(=O)CCSCCO. The smallest absolute Gasteiger partial charge is 0.330 e. The highest BCUT2D eigenvalue weighted by Crippen LogP contribution is 2.22. The third kappa shape index (κ3) is 18.2. The minimum Gasteiger partial charge on any atom is -0.465 e. The summed E-state index contributed by atoms with van der Waals surface area (Å²) in [4.78, 5) is 58.8. The number of carbonyl (C=O) groups is 5. The van der Waals surface area contributed by atoms with Crippen molar-refractivity contribution in [3.05, 3.63) is 38.0 Å². The van der Waals surface area contributed by atoms with Gasteiger partial charge in [-0.05, 0) is 0 Å². The number of aliphatic hydroxyl groups is 1. The molecule has 0 fully saturated rings. The second-order valence-electron chi connectivity index (χ2n) is 7.27. The average Bonchev–Trinajstić information content (AvgIpc) is 2.91. The molecule has 0 rings (SSSR count). The van der Waals surface area contributed by atoms with Gasteiger partial charge in [0.15, 0.2) is 0 Å². The zero-order valence-electron chi connectivity index (χ0n) is 20.7. The molecule has 0 amide bonds. The molecule has 0 spiro atoms. The van der Waals surface area contributed by atoms with Gasteiger partial charge in [0.05, 0.1) is 19.4 Å². The van der Waals surface area contributed by atoms with Crippen LogP contribution in [0.5, 0.6) is 0 Å². The fraction of sp³-hybridized carbons (Fsp3) is 0.542. The fourth-order valence-electron chi connectivity index (χ4n) is 2.27. The van der Waals surface area contributed by atoms with Crippen LogP contribution in [0.2, 0.25) is 0 Å². The Labute approximate surface area is 224 Å². The predicted molar refractivity (Wildman–Crippen MR) is 139 cm³/mol. The molecule has 0 bridgehead atoms. The van der Waals surface area contributed by atoms with Gasteiger partial charge in [-0.1, -0.05) is 19.7 Å². The molecule has 11 nitrogen and oxygen atoms in total. The minimum atomic E-state index is -1.38. The van der Waals surface area contributed by atoms with Crippen molar-refractivity contribution in [2.24, 2.45) is 5.41 Å². The molecule has 0 saturated carbocycles. The van der Waals surface area contributed by atoms with Crippen LogP contribution in [0.3, 0.4) is 0 Å². The van der Waals surface area contributed by atoms with Gasteiger partial charge >= 0.3 is 29.8 Å². The minimum absolute atomic E-state index is 0.0151. The maximum Gasteiger partial charge on any atom is 0.330 e. The van der Waals surface area contributed by atoms with Crippen LogP contribution in [-0.4, -0.2) is 97.6 Å². The van der Waals surface area contributed by atoms with Gasteiger partial charge in [-0.2, -0.15) is 23.5 Å². The Kier molecular flexibility index (Phi) is 19.7. The lowest BCUT2D eigenvalue weighted by Gasteiger charge is -2.31. The van der Waals surface area contributed by atoms with Crippen molar-refractivity contribution in [3.63, 3.8) is 0 Å². The zero-order valence-corrected chi connectivity index (χ0v) is 22.3. The lowest BCUT2D eigenvalue weighted by Crippen LogP contribution is -2.43. The van der Waals surface area contributed by atoms with Crippen molar-refractivity contribution in [3.8, 4) is 0 Å². The Balaban J connectivity index is 5.10. The first-order valence-corrected chi connectivity index (χ1v) is 13.5. The highest BCUT2D eigenvalue weighted by molar-refractivity contribution is 7.99. The van der Waals surface area contributed by atoms with E-state index in [4.69, 9.17) is 28.8 Å². The van der Waals surface area contributed by atoms with Gasteiger partial charge in [0, 0.05) is 41.2 Å². The molecule has 13 heteroatoms. The van der Waals surface area contributed by atoms with E-state index in [1.54, 1.807) is 0 Å². The van der Waals surface area contributed by atoms with E-state index >= 15 is 0 Å². The van der Waals surface area contributed by atoms with E-state index in [9.17, 15) is 24.0 Å². The number of aliphatic hydroxyl groups excluding tert-OH is 1. The van der Waals surface area contributed by atoms with E-state index in [0.717, 1.165) is 18.2 Å². The first-order chi connectivity index (χ1) is 17.7. The van der Waals surface area contributed by atoms with Crippen molar-refractivity contribution >= 4 is 53.4 Å². The molecular formula is C24H34O11S2. The number of hydrogen-bond acceptors (Lipinski definition) is 13. The van der Waals surface area contributed by atoms with Crippen LogP contribution >= 0.6 is 23.5 Å². The number of esters is 5. The molecule has 0 radical (unpaired) electrons. The van der Waals surface area contributed by atoms with Crippen LogP contribution in [-0.2, 0) is 47.7 Å². The molecule has 0 saturated heterocycles. The van der Waals surface area contributed by atoms with Crippen LogP contribution in [0.25, 0.3) is 0 Å². The van der Waals surface area contributed by atoms with Gasteiger partial charge in [0.2, 0.25) is 0 Å². The van der Waals surface area contributed by atoms with Crippen LogP contribution in [0.1, 0.15) is 12.8 Å². The molecule has 0 atom stereocenters. The topological polar surface area (TPSA) is 152 Å². The average molecular weight is 563 g/mol. The molecular weight excluding hydrogens is 528 g/mol. The Hall–Kier alpha value is -2.77.